The zero-order valence-electron chi connectivity index (χ0n) is 15.6. The molecule has 0 amide bonds. The minimum absolute atomic E-state index is 0.298. The molecule has 1 aliphatic carbocycles. The second kappa shape index (κ2) is 6.49. The van der Waals surface area contributed by atoms with Crippen molar-refractivity contribution in [3.63, 3.8) is 0 Å². The largest absolute Gasteiger partial charge is 0.374 e. The smallest absolute Gasteiger partial charge is 0.193 e. The molecular formula is C19H34N4O. The van der Waals surface area contributed by atoms with Crippen molar-refractivity contribution >= 4 is 5.96 Å². The van der Waals surface area contributed by atoms with Gasteiger partial charge in [0.2, 0.25) is 0 Å². The summed E-state index contributed by atoms with van der Waals surface area (Å²) in [6.07, 6.45) is 10.3. The molecule has 0 aromatic carbocycles. The number of hydrogen-bond donors (Lipinski definition) is 1. The Bertz CT molecular complexity index is 468. The Hall–Kier alpha value is -0.810. The molecule has 136 valence electrons. The van der Waals surface area contributed by atoms with Crippen LogP contribution in [-0.2, 0) is 4.74 Å². The summed E-state index contributed by atoms with van der Waals surface area (Å²) in [5, 5.41) is 3.74. The number of hydrogen-bond acceptors (Lipinski definition) is 3. The van der Waals surface area contributed by atoms with Gasteiger partial charge in [-0.1, -0.05) is 19.3 Å². The molecule has 0 radical (unpaired) electrons. The lowest BCUT2D eigenvalue weighted by Crippen LogP contribution is -2.55. The highest BCUT2D eigenvalue weighted by Gasteiger charge is 2.53. The average molecular weight is 335 g/mol. The summed E-state index contributed by atoms with van der Waals surface area (Å²) in [6.45, 7) is 3.27. The fourth-order valence-corrected chi connectivity index (χ4v) is 5.70. The lowest BCUT2D eigenvalue weighted by molar-refractivity contribution is 0.0761. The molecule has 1 N–H and O–H groups in total. The number of nitrogens with one attached hydrogen (secondary N) is 1. The molecule has 0 aromatic rings. The van der Waals surface area contributed by atoms with E-state index in [-0.39, 0.29) is 0 Å². The Labute approximate surface area is 146 Å². The summed E-state index contributed by atoms with van der Waals surface area (Å²) >= 11 is 0. The minimum Gasteiger partial charge on any atom is -0.374 e. The molecule has 5 nitrogen and oxygen atoms in total. The summed E-state index contributed by atoms with van der Waals surface area (Å²) in [6, 6.07) is 0. The standard InChI is InChI=1S/C19H34N4O/c1-20-18(21-13-19(22(2)3)9-5-4-6-10-19)23-11-14-15(12-23)17-8-7-16(14)24-17/h14-17H,4-13H2,1-3H3,(H,20,21). The Morgan fingerprint density at radius 3 is 2.29 bits per heavy atom. The number of nitrogens with zero attached hydrogens (tertiary/aromatic N) is 3. The highest BCUT2D eigenvalue weighted by molar-refractivity contribution is 5.80. The van der Waals surface area contributed by atoms with Crippen molar-refractivity contribution in [3.05, 3.63) is 0 Å². The molecule has 0 aromatic heterocycles. The summed E-state index contributed by atoms with van der Waals surface area (Å²) in [4.78, 5) is 9.55. The van der Waals surface area contributed by atoms with Gasteiger partial charge in [0.25, 0.3) is 0 Å². The van der Waals surface area contributed by atoms with Gasteiger partial charge in [-0.3, -0.25) is 4.99 Å². The lowest BCUT2D eigenvalue weighted by Gasteiger charge is -2.43. The van der Waals surface area contributed by atoms with Crippen molar-refractivity contribution in [2.75, 3.05) is 40.8 Å². The molecule has 3 saturated heterocycles. The highest BCUT2D eigenvalue weighted by Crippen LogP contribution is 2.47. The number of fused-ring (bicyclic) bond motifs is 5. The van der Waals surface area contributed by atoms with E-state index < -0.39 is 0 Å². The number of likely N-dealkylation sites (N-methyl/N-ethyl adjacent to an activating group) is 1. The first-order valence-corrected chi connectivity index (χ1v) is 9.91. The fraction of sp³-hybridized carbons (Fsp3) is 0.947. The Kier molecular flexibility index (Phi) is 4.50. The van der Waals surface area contributed by atoms with Gasteiger partial charge < -0.3 is 19.9 Å². The highest BCUT2D eigenvalue weighted by atomic mass is 16.5. The van der Waals surface area contributed by atoms with Gasteiger partial charge in [-0.05, 0) is 39.8 Å². The molecule has 4 unspecified atom stereocenters. The summed E-state index contributed by atoms with van der Waals surface area (Å²) in [7, 11) is 6.42. The van der Waals surface area contributed by atoms with E-state index >= 15 is 0 Å². The second-order valence-corrected chi connectivity index (χ2v) is 8.60. The van der Waals surface area contributed by atoms with E-state index in [0.717, 1.165) is 37.4 Å². The first-order valence-electron chi connectivity index (χ1n) is 9.91. The second-order valence-electron chi connectivity index (χ2n) is 8.60. The van der Waals surface area contributed by atoms with Gasteiger partial charge in [-0.2, -0.15) is 0 Å². The van der Waals surface area contributed by atoms with Crippen molar-refractivity contribution in [1.82, 2.24) is 15.1 Å². The van der Waals surface area contributed by atoms with Gasteiger partial charge in [-0.15, -0.1) is 0 Å². The van der Waals surface area contributed by atoms with Crippen LogP contribution in [0.1, 0.15) is 44.9 Å². The van der Waals surface area contributed by atoms with Crippen LogP contribution in [0.5, 0.6) is 0 Å². The quantitative estimate of drug-likeness (QED) is 0.632. The third kappa shape index (κ3) is 2.74. The van der Waals surface area contributed by atoms with Crippen LogP contribution in [0.2, 0.25) is 0 Å². The molecule has 2 bridgehead atoms. The molecule has 1 saturated carbocycles. The van der Waals surface area contributed by atoms with Crippen molar-refractivity contribution in [3.8, 4) is 0 Å². The zero-order valence-corrected chi connectivity index (χ0v) is 15.6. The van der Waals surface area contributed by atoms with Crippen molar-refractivity contribution in [1.29, 1.82) is 0 Å². The van der Waals surface area contributed by atoms with Crippen LogP contribution >= 0.6 is 0 Å². The van der Waals surface area contributed by atoms with Crippen LogP contribution in [0.3, 0.4) is 0 Å². The SMILES string of the molecule is CN=C(NCC1(N(C)C)CCCCC1)N1CC2C3CCC(O3)C2C1. The van der Waals surface area contributed by atoms with Crippen LogP contribution in [0.15, 0.2) is 4.99 Å². The van der Waals surface area contributed by atoms with E-state index in [1.54, 1.807) is 0 Å². The number of aliphatic imine (C=N–C) groups is 1. The van der Waals surface area contributed by atoms with Gasteiger partial charge in [-0.25, -0.2) is 0 Å². The van der Waals surface area contributed by atoms with E-state index in [0.29, 0.717) is 17.7 Å². The Morgan fingerprint density at radius 2 is 1.75 bits per heavy atom. The Morgan fingerprint density at radius 1 is 1.12 bits per heavy atom. The molecule has 4 aliphatic rings. The van der Waals surface area contributed by atoms with Crippen LogP contribution < -0.4 is 5.32 Å². The first kappa shape index (κ1) is 16.6. The van der Waals surface area contributed by atoms with Gasteiger partial charge in [0.05, 0.1) is 12.2 Å². The van der Waals surface area contributed by atoms with Gasteiger partial charge in [0.15, 0.2) is 5.96 Å². The topological polar surface area (TPSA) is 40.1 Å². The number of rotatable bonds is 3. The van der Waals surface area contributed by atoms with Crippen molar-refractivity contribution in [2.45, 2.75) is 62.7 Å². The maximum Gasteiger partial charge on any atom is 0.193 e. The van der Waals surface area contributed by atoms with Crippen LogP contribution in [0, 0.1) is 11.8 Å². The molecule has 3 aliphatic heterocycles. The predicted octanol–water partition coefficient (Wildman–Crippen LogP) is 1.94. The van der Waals surface area contributed by atoms with Crippen LogP contribution in [0.25, 0.3) is 0 Å². The molecule has 24 heavy (non-hydrogen) atoms. The molecule has 4 rings (SSSR count). The number of ether oxygens (including phenoxy) is 1. The maximum absolute atomic E-state index is 6.11. The van der Waals surface area contributed by atoms with E-state index in [4.69, 9.17) is 4.74 Å². The van der Waals surface area contributed by atoms with Gasteiger partial charge >= 0.3 is 0 Å². The summed E-state index contributed by atoms with van der Waals surface area (Å²) in [5.41, 5.74) is 0.298. The van der Waals surface area contributed by atoms with Gasteiger partial charge in [0.1, 0.15) is 0 Å². The van der Waals surface area contributed by atoms with E-state index in [9.17, 15) is 0 Å². The van der Waals surface area contributed by atoms with Gasteiger partial charge in [0, 0.05) is 44.1 Å². The van der Waals surface area contributed by atoms with E-state index in [1.807, 2.05) is 7.05 Å². The molecule has 5 heteroatoms. The fourth-order valence-electron chi connectivity index (χ4n) is 5.70. The molecule has 3 heterocycles. The minimum atomic E-state index is 0.298. The monoisotopic (exact) mass is 334 g/mol. The molecular weight excluding hydrogens is 300 g/mol. The third-order valence-corrected chi connectivity index (χ3v) is 7.27. The summed E-state index contributed by atoms with van der Waals surface area (Å²) < 4.78 is 6.11. The lowest BCUT2D eigenvalue weighted by atomic mass is 9.80. The zero-order chi connectivity index (χ0) is 16.7. The number of likely N-dealkylation sites (tertiary alicyclic amines) is 1. The molecule has 4 atom stereocenters. The Balaban J connectivity index is 1.38. The van der Waals surface area contributed by atoms with Crippen molar-refractivity contribution < 1.29 is 4.74 Å². The van der Waals surface area contributed by atoms with Crippen LogP contribution in [-0.4, -0.2) is 74.3 Å². The normalized spacial score (nSPS) is 38.0. The third-order valence-electron chi connectivity index (χ3n) is 7.27. The summed E-state index contributed by atoms with van der Waals surface area (Å²) in [5.74, 6) is 2.58. The first-order chi connectivity index (χ1) is 11.6. The van der Waals surface area contributed by atoms with E-state index in [1.165, 1.54) is 44.9 Å². The molecule has 0 spiro atoms. The van der Waals surface area contributed by atoms with Crippen molar-refractivity contribution in [2.24, 2.45) is 16.8 Å². The maximum atomic E-state index is 6.11. The number of guanidine groups is 1. The molecule has 4 fully saturated rings. The van der Waals surface area contributed by atoms with E-state index in [2.05, 4.69) is 34.2 Å². The van der Waals surface area contributed by atoms with Crippen LogP contribution in [0.4, 0.5) is 0 Å². The average Bonchev–Trinajstić information content (AvgIpc) is 3.29. The predicted molar refractivity (Wildman–Crippen MR) is 97.3 cm³/mol.